The van der Waals surface area contributed by atoms with Gasteiger partial charge in [0.2, 0.25) is 0 Å². The molecular weight excluding hydrogens is 363 g/mol. The van der Waals surface area contributed by atoms with Gasteiger partial charge >= 0.3 is 0 Å². The molecule has 0 spiro atoms. The molecule has 0 bridgehead atoms. The first kappa shape index (κ1) is 19.2. The average Bonchev–Trinajstić information content (AvgIpc) is 2.74. The summed E-state index contributed by atoms with van der Waals surface area (Å²) < 4.78 is 15.0. The Morgan fingerprint density at radius 3 is 1.61 bits per heavy atom. The minimum atomic E-state index is -3.09. The molecule has 0 aliphatic heterocycles. The van der Waals surface area contributed by atoms with Crippen molar-refractivity contribution in [3.8, 4) is 0 Å². The third-order valence-corrected chi connectivity index (χ3v) is 10.1. The smallest absolute Gasteiger partial charge is 0.149 e. The van der Waals surface area contributed by atoms with E-state index in [1.54, 1.807) is 0 Å². The normalized spacial score (nSPS) is 18.1. The molecule has 0 saturated heterocycles. The van der Waals surface area contributed by atoms with E-state index in [9.17, 15) is 5.11 Å². The number of rotatable bonds is 6. The standard InChI is InChI=1S/C25H27O2P/c1-20(21-12-5-2-6-13-21)24(25(26)18-11-19-25)28(27,22-14-7-3-8-15-22)23-16-9-4-10-17-23/h2-10,12-17,20,24,26H,11,18-19H2,1H3/t20-,24+/m1/s1. The van der Waals surface area contributed by atoms with Gasteiger partial charge in [0.15, 0.2) is 0 Å². The second-order valence-corrected chi connectivity index (χ2v) is 10.8. The molecule has 1 fully saturated rings. The van der Waals surface area contributed by atoms with E-state index in [0.717, 1.165) is 22.6 Å². The highest BCUT2D eigenvalue weighted by atomic mass is 31.2. The van der Waals surface area contributed by atoms with Crippen molar-refractivity contribution in [2.75, 3.05) is 0 Å². The van der Waals surface area contributed by atoms with Crippen molar-refractivity contribution in [3.05, 3.63) is 96.6 Å². The molecule has 1 N–H and O–H groups in total. The van der Waals surface area contributed by atoms with Crippen LogP contribution >= 0.6 is 7.14 Å². The molecule has 144 valence electrons. The van der Waals surface area contributed by atoms with Crippen LogP contribution in [0.2, 0.25) is 0 Å². The van der Waals surface area contributed by atoms with E-state index >= 15 is 4.57 Å². The van der Waals surface area contributed by atoms with Crippen LogP contribution in [0.4, 0.5) is 0 Å². The van der Waals surface area contributed by atoms with E-state index in [4.69, 9.17) is 0 Å². The van der Waals surface area contributed by atoms with E-state index in [1.807, 2.05) is 78.9 Å². The minimum absolute atomic E-state index is 0.0299. The summed E-state index contributed by atoms with van der Waals surface area (Å²) in [5.74, 6) is -0.0299. The molecule has 3 aromatic rings. The predicted molar refractivity (Wildman–Crippen MR) is 117 cm³/mol. The van der Waals surface area contributed by atoms with Crippen LogP contribution in [0, 0.1) is 0 Å². The maximum Gasteiger partial charge on any atom is 0.149 e. The zero-order valence-corrected chi connectivity index (χ0v) is 17.1. The molecule has 4 rings (SSSR count). The highest BCUT2D eigenvalue weighted by molar-refractivity contribution is 7.79. The molecule has 1 aliphatic carbocycles. The molecule has 2 atom stereocenters. The lowest BCUT2D eigenvalue weighted by Gasteiger charge is -2.49. The van der Waals surface area contributed by atoms with Gasteiger partial charge in [0.05, 0.1) is 11.3 Å². The van der Waals surface area contributed by atoms with Crippen molar-refractivity contribution in [2.45, 2.75) is 43.4 Å². The highest BCUT2D eigenvalue weighted by Gasteiger charge is 2.54. The molecule has 0 amide bonds. The number of hydrogen-bond acceptors (Lipinski definition) is 2. The largest absolute Gasteiger partial charge is 0.389 e. The van der Waals surface area contributed by atoms with Crippen molar-refractivity contribution in [1.82, 2.24) is 0 Å². The monoisotopic (exact) mass is 390 g/mol. The Morgan fingerprint density at radius 1 is 0.786 bits per heavy atom. The molecule has 0 unspecified atom stereocenters. The Labute approximate surface area is 167 Å². The van der Waals surface area contributed by atoms with Crippen molar-refractivity contribution < 1.29 is 9.67 Å². The zero-order chi connectivity index (χ0) is 19.6. The Morgan fingerprint density at radius 2 is 1.21 bits per heavy atom. The maximum absolute atomic E-state index is 15.0. The summed E-state index contributed by atoms with van der Waals surface area (Å²) >= 11 is 0. The van der Waals surface area contributed by atoms with Gasteiger partial charge < -0.3 is 9.67 Å². The van der Waals surface area contributed by atoms with Gasteiger partial charge in [-0.05, 0) is 30.7 Å². The summed E-state index contributed by atoms with van der Waals surface area (Å²) in [5, 5.41) is 13.2. The third-order valence-electron chi connectivity index (χ3n) is 6.24. The van der Waals surface area contributed by atoms with Crippen LogP contribution in [0.25, 0.3) is 0 Å². The van der Waals surface area contributed by atoms with Crippen LogP contribution in [0.15, 0.2) is 91.0 Å². The predicted octanol–water partition coefficient (Wildman–Crippen LogP) is 5.09. The summed E-state index contributed by atoms with van der Waals surface area (Å²) in [6.07, 6.45) is 2.40. The van der Waals surface area contributed by atoms with Gasteiger partial charge in [-0.3, -0.25) is 0 Å². The number of benzene rings is 3. The molecule has 3 aromatic carbocycles. The first-order chi connectivity index (χ1) is 13.6. The van der Waals surface area contributed by atoms with Crippen molar-refractivity contribution in [2.24, 2.45) is 0 Å². The maximum atomic E-state index is 15.0. The van der Waals surface area contributed by atoms with Crippen LogP contribution in [-0.4, -0.2) is 16.4 Å². The quantitative estimate of drug-likeness (QED) is 0.596. The summed E-state index contributed by atoms with van der Waals surface area (Å²) in [6.45, 7) is 2.12. The van der Waals surface area contributed by atoms with Crippen molar-refractivity contribution in [1.29, 1.82) is 0 Å². The Hall–Kier alpha value is -2.15. The lowest BCUT2D eigenvalue weighted by atomic mass is 9.73. The lowest BCUT2D eigenvalue weighted by molar-refractivity contribution is -0.0408. The minimum Gasteiger partial charge on any atom is -0.389 e. The summed E-state index contributed by atoms with van der Waals surface area (Å²) in [5.41, 5.74) is -0.142. The van der Waals surface area contributed by atoms with Crippen LogP contribution in [0.5, 0.6) is 0 Å². The molecule has 0 radical (unpaired) electrons. The van der Waals surface area contributed by atoms with Gasteiger partial charge in [0.25, 0.3) is 0 Å². The van der Waals surface area contributed by atoms with Gasteiger partial charge in [-0.25, -0.2) is 0 Å². The number of hydrogen-bond donors (Lipinski definition) is 1. The number of aliphatic hydroxyl groups is 1. The summed E-state index contributed by atoms with van der Waals surface area (Å²) in [4.78, 5) is 0. The fourth-order valence-corrected chi connectivity index (χ4v) is 8.57. The average molecular weight is 390 g/mol. The molecule has 2 nitrogen and oxygen atoms in total. The second-order valence-electron chi connectivity index (χ2n) is 7.93. The Kier molecular flexibility index (Phi) is 5.27. The molecule has 1 aliphatic rings. The van der Waals surface area contributed by atoms with E-state index in [-0.39, 0.29) is 11.6 Å². The topological polar surface area (TPSA) is 37.3 Å². The molecule has 0 heterocycles. The Bertz CT molecular complexity index is 906. The van der Waals surface area contributed by atoms with Gasteiger partial charge in [-0.2, -0.15) is 0 Å². The van der Waals surface area contributed by atoms with E-state index in [2.05, 4.69) is 19.1 Å². The van der Waals surface area contributed by atoms with Gasteiger partial charge in [-0.15, -0.1) is 0 Å². The first-order valence-electron chi connectivity index (χ1n) is 10.0. The molecule has 1 saturated carbocycles. The van der Waals surface area contributed by atoms with Gasteiger partial charge in [0.1, 0.15) is 7.14 Å². The Balaban J connectivity index is 1.94. The van der Waals surface area contributed by atoms with E-state index < -0.39 is 12.7 Å². The fourth-order valence-electron chi connectivity index (χ4n) is 4.66. The molecular formula is C25H27O2P. The SMILES string of the molecule is C[C@H](c1ccccc1)[C@@H](C1(O)CCC1)P(=O)(c1ccccc1)c1ccccc1. The fraction of sp³-hybridized carbons (Fsp3) is 0.280. The van der Waals surface area contributed by atoms with Crippen LogP contribution < -0.4 is 10.6 Å². The van der Waals surface area contributed by atoms with E-state index in [0.29, 0.717) is 12.8 Å². The highest BCUT2D eigenvalue weighted by Crippen LogP contribution is 2.61. The zero-order valence-electron chi connectivity index (χ0n) is 16.2. The van der Waals surface area contributed by atoms with Crippen molar-refractivity contribution >= 4 is 17.8 Å². The lowest BCUT2D eigenvalue weighted by Crippen LogP contribution is -2.52. The van der Waals surface area contributed by atoms with Crippen molar-refractivity contribution in [3.63, 3.8) is 0 Å². The molecule has 0 aromatic heterocycles. The molecule has 3 heteroatoms. The summed E-state index contributed by atoms with van der Waals surface area (Å²) in [7, 11) is -3.09. The first-order valence-corrected chi connectivity index (χ1v) is 11.8. The summed E-state index contributed by atoms with van der Waals surface area (Å²) in [6, 6.07) is 29.7. The van der Waals surface area contributed by atoms with Crippen LogP contribution in [0.1, 0.15) is 37.7 Å². The van der Waals surface area contributed by atoms with Gasteiger partial charge in [-0.1, -0.05) is 97.9 Å². The van der Waals surface area contributed by atoms with Crippen LogP contribution in [-0.2, 0) is 4.57 Å². The van der Waals surface area contributed by atoms with E-state index in [1.165, 1.54) is 0 Å². The molecule has 28 heavy (non-hydrogen) atoms. The third kappa shape index (κ3) is 3.26. The second kappa shape index (κ2) is 7.70. The van der Waals surface area contributed by atoms with Gasteiger partial charge in [0, 0.05) is 10.6 Å². The van der Waals surface area contributed by atoms with Crippen LogP contribution in [0.3, 0.4) is 0 Å².